The average molecular weight is 252 g/mol. The molecule has 0 unspecified atom stereocenters. The molecule has 1 N–H and O–H groups in total. The van der Waals surface area contributed by atoms with Gasteiger partial charge in [-0.25, -0.2) is 4.79 Å². The van der Waals surface area contributed by atoms with Crippen LogP contribution in [-0.4, -0.2) is 21.0 Å². The van der Waals surface area contributed by atoms with Crippen molar-refractivity contribution in [3.8, 4) is 0 Å². The van der Waals surface area contributed by atoms with Gasteiger partial charge >= 0.3 is 5.97 Å². The molecule has 4 nitrogen and oxygen atoms in total. The maximum atomic E-state index is 10.4. The Kier molecular flexibility index (Phi) is 4.18. The molecule has 0 atom stereocenters. The first-order chi connectivity index (χ1) is 9.24. The Labute approximate surface area is 110 Å². The van der Waals surface area contributed by atoms with Crippen LogP contribution >= 0.6 is 0 Å². The molecule has 2 aromatic rings. The summed E-state index contributed by atoms with van der Waals surface area (Å²) in [4.78, 5) is 18.6. The smallest absolute Gasteiger partial charge is 0.328 e. The Morgan fingerprint density at radius 2 is 1.89 bits per heavy atom. The van der Waals surface area contributed by atoms with Crippen LogP contribution in [0.5, 0.6) is 0 Å². The molecule has 2 heterocycles. The molecule has 0 saturated heterocycles. The van der Waals surface area contributed by atoms with Gasteiger partial charge in [-0.2, -0.15) is 0 Å². The van der Waals surface area contributed by atoms with Crippen molar-refractivity contribution in [3.05, 3.63) is 65.8 Å². The summed E-state index contributed by atoms with van der Waals surface area (Å²) in [5.41, 5.74) is 2.55. The van der Waals surface area contributed by atoms with Crippen molar-refractivity contribution in [2.24, 2.45) is 0 Å². The maximum absolute atomic E-state index is 10.4. The lowest BCUT2D eigenvalue weighted by atomic mass is 10.2. The van der Waals surface area contributed by atoms with E-state index in [1.54, 1.807) is 18.6 Å². The molecule has 0 aliphatic carbocycles. The summed E-state index contributed by atoms with van der Waals surface area (Å²) in [5.74, 6) is -0.972. The number of rotatable bonds is 4. The molecule has 0 fully saturated rings. The highest BCUT2D eigenvalue weighted by atomic mass is 16.4. The molecule has 2 rings (SSSR count). The monoisotopic (exact) mass is 252 g/mol. The number of carboxylic acid groups (broad SMARTS) is 1. The summed E-state index contributed by atoms with van der Waals surface area (Å²) < 4.78 is 0. The van der Waals surface area contributed by atoms with Crippen molar-refractivity contribution >= 4 is 24.2 Å². The minimum atomic E-state index is -0.972. The topological polar surface area (TPSA) is 63.1 Å². The summed E-state index contributed by atoms with van der Waals surface area (Å²) in [6.07, 6.45) is 11.5. The second kappa shape index (κ2) is 6.26. The highest BCUT2D eigenvalue weighted by Gasteiger charge is 1.92. The van der Waals surface area contributed by atoms with Crippen LogP contribution in [0.2, 0.25) is 0 Å². The summed E-state index contributed by atoms with van der Waals surface area (Å²) in [7, 11) is 0. The van der Waals surface area contributed by atoms with Crippen molar-refractivity contribution in [1.29, 1.82) is 0 Å². The van der Waals surface area contributed by atoms with Crippen LogP contribution in [-0.2, 0) is 4.79 Å². The molecule has 0 amide bonds. The SMILES string of the molecule is O=C(O)/C=C/c1ccc(/C=C/c2cccnc2)nc1. The Hall–Kier alpha value is -2.75. The van der Waals surface area contributed by atoms with E-state index in [9.17, 15) is 4.79 Å². The van der Waals surface area contributed by atoms with Crippen LogP contribution in [0, 0.1) is 0 Å². The number of hydrogen-bond acceptors (Lipinski definition) is 3. The van der Waals surface area contributed by atoms with Crippen LogP contribution in [0.25, 0.3) is 18.2 Å². The molecule has 0 radical (unpaired) electrons. The van der Waals surface area contributed by atoms with E-state index in [1.807, 2.05) is 36.4 Å². The molecule has 0 bridgehead atoms. The molecule has 4 heteroatoms. The minimum Gasteiger partial charge on any atom is -0.478 e. The lowest BCUT2D eigenvalue weighted by Gasteiger charge is -1.95. The molecule has 19 heavy (non-hydrogen) atoms. The highest BCUT2D eigenvalue weighted by molar-refractivity contribution is 5.85. The second-order valence-corrected chi connectivity index (χ2v) is 3.81. The quantitative estimate of drug-likeness (QED) is 0.850. The van der Waals surface area contributed by atoms with Gasteiger partial charge in [0.15, 0.2) is 0 Å². The van der Waals surface area contributed by atoms with E-state index in [4.69, 9.17) is 5.11 Å². The number of carboxylic acids is 1. The zero-order valence-electron chi connectivity index (χ0n) is 10.1. The summed E-state index contributed by atoms with van der Waals surface area (Å²) in [5, 5.41) is 8.52. The fraction of sp³-hybridized carbons (Fsp3) is 0. The summed E-state index contributed by atoms with van der Waals surface area (Å²) >= 11 is 0. The largest absolute Gasteiger partial charge is 0.478 e. The Morgan fingerprint density at radius 3 is 2.53 bits per heavy atom. The van der Waals surface area contributed by atoms with Gasteiger partial charge in [0.05, 0.1) is 5.69 Å². The van der Waals surface area contributed by atoms with E-state index in [2.05, 4.69) is 9.97 Å². The molecule has 0 saturated carbocycles. The predicted molar refractivity (Wildman–Crippen MR) is 74.1 cm³/mol. The van der Waals surface area contributed by atoms with E-state index in [-0.39, 0.29) is 0 Å². The Bertz CT molecular complexity index is 602. The fourth-order valence-corrected chi connectivity index (χ4v) is 1.44. The average Bonchev–Trinajstić information content (AvgIpc) is 2.45. The number of hydrogen-bond donors (Lipinski definition) is 1. The molecular weight excluding hydrogens is 240 g/mol. The lowest BCUT2D eigenvalue weighted by Crippen LogP contribution is -1.86. The lowest BCUT2D eigenvalue weighted by molar-refractivity contribution is -0.131. The van der Waals surface area contributed by atoms with Crippen LogP contribution in [0.15, 0.2) is 48.9 Å². The predicted octanol–water partition coefficient (Wildman–Crippen LogP) is 2.74. The van der Waals surface area contributed by atoms with Crippen molar-refractivity contribution in [3.63, 3.8) is 0 Å². The molecule has 94 valence electrons. The van der Waals surface area contributed by atoms with Gasteiger partial charge in [0.2, 0.25) is 0 Å². The maximum Gasteiger partial charge on any atom is 0.328 e. The van der Waals surface area contributed by atoms with Gasteiger partial charge in [0.25, 0.3) is 0 Å². The van der Waals surface area contributed by atoms with Crippen LogP contribution < -0.4 is 0 Å². The molecule has 0 aromatic carbocycles. The number of aliphatic carboxylic acids is 1. The van der Waals surface area contributed by atoms with Crippen LogP contribution in [0.1, 0.15) is 16.8 Å². The van der Waals surface area contributed by atoms with Gasteiger partial charge in [0.1, 0.15) is 0 Å². The van der Waals surface area contributed by atoms with Crippen molar-refractivity contribution < 1.29 is 9.90 Å². The Morgan fingerprint density at radius 1 is 1.05 bits per heavy atom. The van der Waals surface area contributed by atoms with E-state index in [0.29, 0.717) is 0 Å². The third-order valence-corrected chi connectivity index (χ3v) is 2.36. The van der Waals surface area contributed by atoms with E-state index in [1.165, 1.54) is 6.08 Å². The number of pyridine rings is 2. The molecule has 2 aromatic heterocycles. The first-order valence-corrected chi connectivity index (χ1v) is 5.69. The first-order valence-electron chi connectivity index (χ1n) is 5.69. The third kappa shape index (κ3) is 4.20. The van der Waals surface area contributed by atoms with E-state index >= 15 is 0 Å². The number of nitrogens with zero attached hydrogens (tertiary/aromatic N) is 2. The zero-order chi connectivity index (χ0) is 13.5. The molecule has 0 aliphatic rings. The summed E-state index contributed by atoms with van der Waals surface area (Å²) in [6, 6.07) is 7.46. The van der Waals surface area contributed by atoms with Crippen LogP contribution in [0.4, 0.5) is 0 Å². The van der Waals surface area contributed by atoms with Gasteiger partial charge in [-0.15, -0.1) is 0 Å². The normalized spacial score (nSPS) is 11.2. The highest BCUT2D eigenvalue weighted by Crippen LogP contribution is 2.07. The number of aromatic nitrogens is 2. The van der Waals surface area contributed by atoms with Crippen molar-refractivity contribution in [2.75, 3.05) is 0 Å². The zero-order valence-corrected chi connectivity index (χ0v) is 10.1. The minimum absolute atomic E-state index is 0.751. The van der Waals surface area contributed by atoms with Gasteiger partial charge in [-0.3, -0.25) is 9.97 Å². The van der Waals surface area contributed by atoms with Gasteiger partial charge in [-0.05, 0) is 35.4 Å². The van der Waals surface area contributed by atoms with Gasteiger partial charge in [-0.1, -0.05) is 18.2 Å². The fourth-order valence-electron chi connectivity index (χ4n) is 1.44. The van der Waals surface area contributed by atoms with Crippen molar-refractivity contribution in [2.45, 2.75) is 0 Å². The first kappa shape index (κ1) is 12.7. The standard InChI is InChI=1S/C15H12N2O2/c18-15(19)8-5-13-4-7-14(17-11-13)6-3-12-2-1-9-16-10-12/h1-11H,(H,18,19)/b6-3+,8-5+. The van der Waals surface area contributed by atoms with Crippen LogP contribution in [0.3, 0.4) is 0 Å². The molecular formula is C15H12N2O2. The summed E-state index contributed by atoms with van der Waals surface area (Å²) in [6.45, 7) is 0. The van der Waals surface area contributed by atoms with E-state index in [0.717, 1.165) is 22.9 Å². The molecule has 0 aliphatic heterocycles. The second-order valence-electron chi connectivity index (χ2n) is 3.81. The number of carbonyl (C=O) groups is 1. The third-order valence-electron chi connectivity index (χ3n) is 2.36. The Balaban J connectivity index is 2.07. The molecule has 0 spiro atoms. The van der Waals surface area contributed by atoms with Gasteiger partial charge in [0, 0.05) is 24.7 Å². The van der Waals surface area contributed by atoms with Crippen molar-refractivity contribution in [1.82, 2.24) is 9.97 Å². The van der Waals surface area contributed by atoms with E-state index < -0.39 is 5.97 Å². The van der Waals surface area contributed by atoms with Gasteiger partial charge < -0.3 is 5.11 Å².